The molecule has 3 nitrogen and oxygen atoms in total. The van der Waals surface area contributed by atoms with Crippen molar-refractivity contribution in [3.05, 3.63) is 35.9 Å². The normalized spacial score (nSPS) is 23.9. The zero-order valence-electron chi connectivity index (χ0n) is 14.9. The lowest BCUT2D eigenvalue weighted by atomic mass is 10.1. The molecular weight excluding hydrogens is 290 g/mol. The Bertz CT molecular complexity index is 470. The fourth-order valence-corrected chi connectivity index (χ4v) is 3.64. The summed E-state index contributed by atoms with van der Waals surface area (Å²) in [6.07, 6.45) is 1.97. The molecule has 0 aromatic heterocycles. The van der Waals surface area contributed by atoms with Gasteiger partial charge >= 0.3 is 0 Å². The first-order chi connectivity index (χ1) is 10.2. The van der Waals surface area contributed by atoms with Crippen molar-refractivity contribution in [3.63, 3.8) is 0 Å². The topological polar surface area (TPSA) is 21.7 Å². The number of hydrogen-bond acceptors (Lipinski definition) is 3. The van der Waals surface area contributed by atoms with Gasteiger partial charge in [-0.1, -0.05) is 58.0 Å². The highest BCUT2D eigenvalue weighted by molar-refractivity contribution is 6.74. The molecular formula is C18H31NO2Si. The van der Waals surface area contributed by atoms with Crippen molar-refractivity contribution in [2.75, 3.05) is 0 Å². The van der Waals surface area contributed by atoms with E-state index in [9.17, 15) is 0 Å². The van der Waals surface area contributed by atoms with Crippen LogP contribution >= 0.6 is 0 Å². The van der Waals surface area contributed by atoms with Crippen LogP contribution in [0.1, 0.15) is 46.1 Å². The van der Waals surface area contributed by atoms with E-state index in [1.54, 1.807) is 0 Å². The van der Waals surface area contributed by atoms with Crippen molar-refractivity contribution in [3.8, 4) is 0 Å². The van der Waals surface area contributed by atoms with Gasteiger partial charge in [-0.25, -0.2) is 0 Å². The Morgan fingerprint density at radius 2 is 1.86 bits per heavy atom. The molecule has 1 fully saturated rings. The molecule has 22 heavy (non-hydrogen) atoms. The summed E-state index contributed by atoms with van der Waals surface area (Å²) in [5.41, 5.74) is 1.29. The second-order valence-corrected chi connectivity index (χ2v) is 12.5. The second-order valence-electron chi connectivity index (χ2n) is 7.77. The van der Waals surface area contributed by atoms with Gasteiger partial charge in [0.15, 0.2) is 14.6 Å². The Balaban J connectivity index is 2.00. The number of nitrogens with zero attached hydrogens (tertiary/aromatic N) is 1. The van der Waals surface area contributed by atoms with Crippen LogP contribution in [0, 0.1) is 0 Å². The molecule has 0 spiro atoms. The van der Waals surface area contributed by atoms with Gasteiger partial charge in [0, 0.05) is 19.0 Å². The summed E-state index contributed by atoms with van der Waals surface area (Å²) >= 11 is 0. The molecule has 0 amide bonds. The molecule has 1 aromatic carbocycles. The van der Waals surface area contributed by atoms with Gasteiger partial charge in [0.2, 0.25) is 0 Å². The molecule has 0 N–H and O–H groups in total. The van der Waals surface area contributed by atoms with Crippen LogP contribution in [0.5, 0.6) is 0 Å². The van der Waals surface area contributed by atoms with Crippen LogP contribution in [0.25, 0.3) is 0 Å². The molecule has 0 unspecified atom stereocenters. The van der Waals surface area contributed by atoms with E-state index in [4.69, 9.17) is 9.26 Å². The van der Waals surface area contributed by atoms with E-state index >= 15 is 0 Å². The third-order valence-electron chi connectivity index (χ3n) is 5.01. The summed E-state index contributed by atoms with van der Waals surface area (Å²) in [4.78, 5) is 6.15. The van der Waals surface area contributed by atoms with Crippen molar-refractivity contribution in [1.29, 1.82) is 0 Å². The van der Waals surface area contributed by atoms with Gasteiger partial charge in [0.05, 0.1) is 0 Å². The third-order valence-corrected chi connectivity index (χ3v) is 9.47. The van der Waals surface area contributed by atoms with Crippen molar-refractivity contribution in [2.45, 2.75) is 77.5 Å². The van der Waals surface area contributed by atoms with Crippen LogP contribution in [0.3, 0.4) is 0 Å². The first-order valence-corrected chi connectivity index (χ1v) is 11.3. The molecule has 1 saturated heterocycles. The van der Waals surface area contributed by atoms with E-state index < -0.39 is 8.32 Å². The Hall–Kier alpha value is -0.683. The minimum atomic E-state index is -1.79. The van der Waals surface area contributed by atoms with Crippen LogP contribution in [-0.4, -0.2) is 25.7 Å². The van der Waals surface area contributed by atoms with Crippen LogP contribution in [0.2, 0.25) is 18.1 Å². The van der Waals surface area contributed by atoms with Gasteiger partial charge in [-0.05, 0) is 30.1 Å². The highest BCUT2D eigenvalue weighted by Gasteiger charge is 2.43. The van der Waals surface area contributed by atoms with Crippen molar-refractivity contribution in [2.24, 2.45) is 0 Å². The van der Waals surface area contributed by atoms with E-state index in [0.29, 0.717) is 6.04 Å². The first-order valence-electron chi connectivity index (χ1n) is 8.38. The SMILES string of the molecule is CC[C@@H]1C[C@@H](O[Si](C)(C)C(C)(C)C)ON1Cc1ccccc1. The molecule has 124 valence electrons. The largest absolute Gasteiger partial charge is 0.391 e. The maximum absolute atomic E-state index is 6.44. The van der Waals surface area contributed by atoms with Gasteiger partial charge in [-0.15, -0.1) is 0 Å². The molecule has 1 aliphatic heterocycles. The molecule has 2 atom stereocenters. The van der Waals surface area contributed by atoms with E-state index in [2.05, 4.69) is 76.2 Å². The van der Waals surface area contributed by atoms with E-state index in [-0.39, 0.29) is 11.3 Å². The number of hydroxylamine groups is 2. The minimum absolute atomic E-state index is 0.0884. The van der Waals surface area contributed by atoms with Gasteiger partial charge in [-0.3, -0.25) is 4.84 Å². The smallest absolute Gasteiger partial charge is 0.195 e. The van der Waals surface area contributed by atoms with Crippen LogP contribution < -0.4 is 0 Å². The number of hydrogen-bond donors (Lipinski definition) is 0. The molecule has 4 heteroatoms. The molecule has 0 bridgehead atoms. The van der Waals surface area contributed by atoms with Crippen LogP contribution in [0.15, 0.2) is 30.3 Å². The summed E-state index contributed by atoms with van der Waals surface area (Å²) < 4.78 is 6.44. The van der Waals surface area contributed by atoms with E-state index in [1.165, 1.54) is 5.56 Å². The average molecular weight is 322 g/mol. The minimum Gasteiger partial charge on any atom is -0.391 e. The average Bonchev–Trinajstić information content (AvgIpc) is 2.79. The number of benzene rings is 1. The molecule has 1 aliphatic rings. The van der Waals surface area contributed by atoms with Gasteiger partial charge in [0.25, 0.3) is 0 Å². The lowest BCUT2D eigenvalue weighted by Gasteiger charge is -2.37. The maximum atomic E-state index is 6.44. The highest BCUT2D eigenvalue weighted by Crippen LogP contribution is 2.39. The van der Waals surface area contributed by atoms with E-state index in [0.717, 1.165) is 19.4 Å². The maximum Gasteiger partial charge on any atom is 0.195 e. The van der Waals surface area contributed by atoms with Gasteiger partial charge in [0.1, 0.15) is 0 Å². The van der Waals surface area contributed by atoms with Crippen molar-refractivity contribution < 1.29 is 9.26 Å². The fraction of sp³-hybridized carbons (Fsp3) is 0.667. The molecule has 1 heterocycles. The summed E-state index contributed by atoms with van der Waals surface area (Å²) in [5, 5.41) is 2.33. The predicted octanol–water partition coefficient (Wildman–Crippen LogP) is 4.95. The third kappa shape index (κ3) is 4.19. The zero-order chi connectivity index (χ0) is 16.4. The second kappa shape index (κ2) is 6.83. The van der Waals surface area contributed by atoms with Crippen molar-refractivity contribution in [1.82, 2.24) is 5.06 Å². The predicted molar refractivity (Wildman–Crippen MR) is 93.8 cm³/mol. The summed E-state index contributed by atoms with van der Waals surface area (Å²) in [5.74, 6) is 0. The van der Waals surface area contributed by atoms with Gasteiger partial charge < -0.3 is 4.43 Å². The quantitative estimate of drug-likeness (QED) is 0.716. The van der Waals surface area contributed by atoms with Crippen molar-refractivity contribution >= 4 is 8.32 Å². The fourth-order valence-electron chi connectivity index (χ4n) is 2.49. The standard InChI is InChI=1S/C18H31NO2Si/c1-7-16-13-17(21-22(5,6)18(2,3)4)20-19(16)14-15-11-9-8-10-12-15/h8-12,16-17H,7,13-14H2,1-6H3/t16-,17-/m1/s1. The molecule has 0 aliphatic carbocycles. The molecule has 2 rings (SSSR count). The van der Waals surface area contributed by atoms with Crippen LogP contribution in [0.4, 0.5) is 0 Å². The Kier molecular flexibility index (Phi) is 5.48. The monoisotopic (exact) mass is 321 g/mol. The summed E-state index contributed by atoms with van der Waals surface area (Å²) in [7, 11) is -1.79. The molecule has 1 aromatic rings. The Labute approximate surface area is 136 Å². The summed E-state index contributed by atoms with van der Waals surface area (Å²) in [6.45, 7) is 14.4. The highest BCUT2D eigenvalue weighted by atomic mass is 28.4. The van der Waals surface area contributed by atoms with Crippen LogP contribution in [-0.2, 0) is 15.8 Å². The zero-order valence-corrected chi connectivity index (χ0v) is 15.9. The summed E-state index contributed by atoms with van der Waals surface area (Å²) in [6, 6.07) is 11.0. The van der Waals surface area contributed by atoms with E-state index in [1.807, 2.05) is 0 Å². The molecule has 0 saturated carbocycles. The molecule has 0 radical (unpaired) electrons. The Morgan fingerprint density at radius 1 is 1.23 bits per heavy atom. The lowest BCUT2D eigenvalue weighted by molar-refractivity contribution is -0.221. The lowest BCUT2D eigenvalue weighted by Crippen LogP contribution is -2.44. The number of rotatable bonds is 5. The first kappa shape index (κ1) is 17.7. The Morgan fingerprint density at radius 3 is 2.41 bits per heavy atom. The van der Waals surface area contributed by atoms with Gasteiger partial charge in [-0.2, -0.15) is 5.06 Å².